The van der Waals surface area contributed by atoms with Gasteiger partial charge in [0.1, 0.15) is 0 Å². The summed E-state index contributed by atoms with van der Waals surface area (Å²) in [5, 5.41) is 14.1. The highest BCUT2D eigenvalue weighted by Gasteiger charge is 2.07. The largest absolute Gasteiger partial charge is 0.409 e. The molecule has 8 nitrogen and oxygen atoms in total. The van der Waals surface area contributed by atoms with Gasteiger partial charge in [-0.3, -0.25) is 4.79 Å². The molecule has 0 bridgehead atoms. The lowest BCUT2D eigenvalue weighted by atomic mass is 10.1. The summed E-state index contributed by atoms with van der Waals surface area (Å²) in [5.41, 5.74) is 6.25. The van der Waals surface area contributed by atoms with E-state index in [1.54, 1.807) is 18.2 Å². The zero-order valence-corrected chi connectivity index (χ0v) is 12.4. The molecule has 0 aliphatic rings. The number of hydrogen-bond donors (Lipinski definition) is 4. The average Bonchev–Trinajstić information content (AvgIpc) is 2.44. The molecule has 0 spiro atoms. The molecule has 0 radical (unpaired) electrons. The van der Waals surface area contributed by atoms with Crippen molar-refractivity contribution in [2.75, 3.05) is 19.3 Å². The van der Waals surface area contributed by atoms with Crippen molar-refractivity contribution in [3.05, 3.63) is 35.4 Å². The van der Waals surface area contributed by atoms with Crippen LogP contribution in [0.4, 0.5) is 0 Å². The van der Waals surface area contributed by atoms with E-state index in [9.17, 15) is 13.2 Å². The van der Waals surface area contributed by atoms with Crippen molar-refractivity contribution >= 4 is 21.8 Å². The van der Waals surface area contributed by atoms with E-state index in [4.69, 9.17) is 10.9 Å². The molecule has 0 atom stereocenters. The monoisotopic (exact) mass is 314 g/mol. The lowest BCUT2D eigenvalue weighted by Gasteiger charge is -2.07. The van der Waals surface area contributed by atoms with Gasteiger partial charge in [0.2, 0.25) is 10.0 Å². The predicted octanol–water partition coefficient (Wildman–Crippen LogP) is -0.550. The van der Waals surface area contributed by atoms with E-state index >= 15 is 0 Å². The average molecular weight is 314 g/mol. The summed E-state index contributed by atoms with van der Waals surface area (Å²) < 4.78 is 24.0. The Bertz CT molecular complexity index is 628. The molecule has 1 aromatic rings. The van der Waals surface area contributed by atoms with Crippen LogP contribution >= 0.6 is 0 Å². The molecule has 0 aliphatic heterocycles. The minimum absolute atomic E-state index is 0.0815. The fourth-order valence-electron chi connectivity index (χ4n) is 1.53. The summed E-state index contributed by atoms with van der Waals surface area (Å²) >= 11 is 0. The van der Waals surface area contributed by atoms with Crippen LogP contribution in [0.3, 0.4) is 0 Å². The Hall–Kier alpha value is -2.13. The molecule has 1 aromatic carbocycles. The van der Waals surface area contributed by atoms with Gasteiger partial charge in [-0.15, -0.1) is 0 Å². The molecule has 5 N–H and O–H groups in total. The van der Waals surface area contributed by atoms with Crippen molar-refractivity contribution in [2.24, 2.45) is 10.9 Å². The number of nitrogens with zero attached hydrogens (tertiary/aromatic N) is 1. The van der Waals surface area contributed by atoms with Crippen LogP contribution in [0, 0.1) is 0 Å². The highest BCUT2D eigenvalue weighted by Crippen LogP contribution is 2.05. The number of oxime groups is 1. The smallest absolute Gasteiger partial charge is 0.251 e. The second-order valence-electron chi connectivity index (χ2n) is 4.34. The fourth-order valence-corrected chi connectivity index (χ4v) is 2.04. The first-order valence-corrected chi connectivity index (χ1v) is 8.03. The quantitative estimate of drug-likeness (QED) is 0.176. The van der Waals surface area contributed by atoms with Crippen LogP contribution in [-0.2, 0) is 10.0 Å². The van der Waals surface area contributed by atoms with E-state index in [1.165, 1.54) is 6.07 Å². The van der Waals surface area contributed by atoms with Gasteiger partial charge in [-0.2, -0.15) is 0 Å². The fraction of sp³-hybridized carbons (Fsp3) is 0.333. The molecular weight excluding hydrogens is 296 g/mol. The first-order chi connectivity index (χ1) is 9.83. The van der Waals surface area contributed by atoms with E-state index in [1.807, 2.05) is 0 Å². The molecule has 0 unspecified atom stereocenters. The van der Waals surface area contributed by atoms with Crippen LogP contribution in [0.5, 0.6) is 0 Å². The zero-order valence-electron chi connectivity index (χ0n) is 11.5. The Kier molecular flexibility index (Phi) is 6.12. The Labute approximate surface area is 123 Å². The third-order valence-corrected chi connectivity index (χ3v) is 3.26. The van der Waals surface area contributed by atoms with Crippen molar-refractivity contribution in [1.82, 2.24) is 10.0 Å². The second-order valence-corrected chi connectivity index (χ2v) is 6.18. The van der Waals surface area contributed by atoms with Crippen LogP contribution in [0.25, 0.3) is 0 Å². The molecule has 1 amide bonds. The predicted molar refractivity (Wildman–Crippen MR) is 78.7 cm³/mol. The van der Waals surface area contributed by atoms with Gasteiger partial charge in [-0.1, -0.05) is 17.3 Å². The minimum atomic E-state index is -3.21. The number of amidine groups is 1. The van der Waals surface area contributed by atoms with Crippen molar-refractivity contribution in [2.45, 2.75) is 6.42 Å². The molecule has 1 rings (SSSR count). The summed E-state index contributed by atoms with van der Waals surface area (Å²) in [6.45, 7) is 0.582. The first kappa shape index (κ1) is 16.9. The van der Waals surface area contributed by atoms with E-state index < -0.39 is 10.0 Å². The molecule has 0 aliphatic carbocycles. The molecule has 9 heteroatoms. The van der Waals surface area contributed by atoms with Crippen LogP contribution in [0.1, 0.15) is 22.3 Å². The highest BCUT2D eigenvalue weighted by atomic mass is 32.2. The zero-order chi connectivity index (χ0) is 15.9. The van der Waals surface area contributed by atoms with Crippen molar-refractivity contribution in [3.8, 4) is 0 Å². The number of carbonyl (C=O) groups is 1. The first-order valence-electron chi connectivity index (χ1n) is 6.14. The van der Waals surface area contributed by atoms with Crippen LogP contribution in [0.15, 0.2) is 29.4 Å². The van der Waals surface area contributed by atoms with Gasteiger partial charge in [0, 0.05) is 24.2 Å². The summed E-state index contributed by atoms with van der Waals surface area (Å²) in [4.78, 5) is 11.9. The number of nitrogens with one attached hydrogen (secondary N) is 2. The van der Waals surface area contributed by atoms with Gasteiger partial charge < -0.3 is 16.3 Å². The maximum atomic E-state index is 11.9. The number of rotatable bonds is 7. The topological polar surface area (TPSA) is 134 Å². The lowest BCUT2D eigenvalue weighted by Crippen LogP contribution is -2.29. The highest BCUT2D eigenvalue weighted by molar-refractivity contribution is 7.88. The number of sulfonamides is 1. The molecule has 0 heterocycles. The Morgan fingerprint density at radius 1 is 1.33 bits per heavy atom. The number of benzene rings is 1. The number of amides is 1. The number of hydrogen-bond acceptors (Lipinski definition) is 5. The van der Waals surface area contributed by atoms with Gasteiger partial charge in [0.25, 0.3) is 5.91 Å². The van der Waals surface area contributed by atoms with Gasteiger partial charge in [0.05, 0.1) is 6.26 Å². The third kappa shape index (κ3) is 6.23. The second kappa shape index (κ2) is 7.60. The van der Waals surface area contributed by atoms with Crippen LogP contribution < -0.4 is 15.8 Å². The molecule has 0 saturated heterocycles. The number of carbonyl (C=O) groups excluding carboxylic acids is 1. The summed E-state index contributed by atoms with van der Waals surface area (Å²) in [6.07, 6.45) is 1.54. The Balaban J connectivity index is 2.49. The third-order valence-electron chi connectivity index (χ3n) is 2.53. The van der Waals surface area contributed by atoms with Gasteiger partial charge in [0.15, 0.2) is 5.84 Å². The molecular formula is C12H18N4O4S. The van der Waals surface area contributed by atoms with E-state index in [2.05, 4.69) is 15.2 Å². The molecule has 0 fully saturated rings. The van der Waals surface area contributed by atoms with Crippen LogP contribution in [-0.4, -0.2) is 44.7 Å². The van der Waals surface area contributed by atoms with Crippen molar-refractivity contribution in [1.29, 1.82) is 0 Å². The SMILES string of the molecule is CS(=O)(=O)NCCCNC(=O)c1cccc(/C(N)=N/O)c1. The van der Waals surface area contributed by atoms with Crippen molar-refractivity contribution < 1.29 is 18.4 Å². The van der Waals surface area contributed by atoms with Crippen LogP contribution in [0.2, 0.25) is 0 Å². The van der Waals surface area contributed by atoms with Crippen molar-refractivity contribution in [3.63, 3.8) is 0 Å². The normalized spacial score (nSPS) is 12.1. The maximum absolute atomic E-state index is 11.9. The maximum Gasteiger partial charge on any atom is 0.251 e. The van der Waals surface area contributed by atoms with E-state index in [-0.39, 0.29) is 18.3 Å². The van der Waals surface area contributed by atoms with Gasteiger partial charge >= 0.3 is 0 Å². The summed E-state index contributed by atoms with van der Waals surface area (Å²) in [5.74, 6) is -0.399. The Morgan fingerprint density at radius 3 is 2.62 bits per heavy atom. The molecule has 21 heavy (non-hydrogen) atoms. The minimum Gasteiger partial charge on any atom is -0.409 e. The number of nitrogens with two attached hydrogens (primary N) is 1. The van der Waals surface area contributed by atoms with E-state index in [0.717, 1.165) is 6.26 Å². The van der Waals surface area contributed by atoms with Gasteiger partial charge in [-0.05, 0) is 18.6 Å². The van der Waals surface area contributed by atoms with Gasteiger partial charge in [-0.25, -0.2) is 13.1 Å². The standard InChI is InChI=1S/C12H18N4O4S/c1-21(19,20)15-7-3-6-14-12(17)10-5-2-4-9(8-10)11(13)16-18/h2,4-5,8,15,18H,3,6-7H2,1H3,(H2,13,16)(H,14,17). The molecule has 116 valence electrons. The Morgan fingerprint density at radius 2 is 2.00 bits per heavy atom. The summed E-state index contributed by atoms with van der Waals surface area (Å²) in [7, 11) is -3.21. The molecule has 0 aromatic heterocycles. The summed E-state index contributed by atoms with van der Waals surface area (Å²) in [6, 6.07) is 6.33. The van der Waals surface area contributed by atoms with E-state index in [0.29, 0.717) is 24.1 Å². The lowest BCUT2D eigenvalue weighted by molar-refractivity contribution is 0.0953. The molecule has 0 saturated carbocycles.